The third-order valence-electron chi connectivity index (χ3n) is 3.62. The minimum Gasteiger partial charge on any atom is -0.350 e. The van der Waals surface area contributed by atoms with Crippen LogP contribution in [0, 0.1) is 5.82 Å². The molecule has 3 N–H and O–H groups in total. The molecule has 148 valence electrons. The fourth-order valence-corrected chi connectivity index (χ4v) is 3.41. The van der Waals surface area contributed by atoms with E-state index in [-0.39, 0.29) is 40.5 Å². The Bertz CT molecular complexity index is 860. The van der Waals surface area contributed by atoms with Gasteiger partial charge in [-0.1, -0.05) is 13.0 Å². The number of rotatable bonds is 8. The van der Waals surface area contributed by atoms with E-state index in [1.165, 1.54) is 30.3 Å². The monoisotopic (exact) mass is 415 g/mol. The van der Waals surface area contributed by atoms with Gasteiger partial charge in [0.2, 0.25) is 0 Å². The van der Waals surface area contributed by atoms with Crippen LogP contribution in [0.5, 0.6) is 0 Å². The molecule has 6 nitrogen and oxygen atoms in total. The predicted molar refractivity (Wildman–Crippen MR) is 106 cm³/mol. The van der Waals surface area contributed by atoms with Crippen LogP contribution in [0.2, 0.25) is 0 Å². The molecule has 1 atom stereocenters. The van der Waals surface area contributed by atoms with Crippen molar-refractivity contribution in [2.75, 3.05) is 17.8 Å². The molecule has 2 aromatic carbocycles. The van der Waals surface area contributed by atoms with Crippen molar-refractivity contribution in [2.45, 2.75) is 24.8 Å². The first kappa shape index (κ1) is 22.9. The van der Waals surface area contributed by atoms with Gasteiger partial charge in [-0.25, -0.2) is 12.8 Å². The number of nitrogens with one attached hydrogen (secondary N) is 3. The van der Waals surface area contributed by atoms with Crippen LogP contribution in [-0.4, -0.2) is 33.5 Å². The third kappa shape index (κ3) is 6.82. The van der Waals surface area contributed by atoms with Gasteiger partial charge in [0.25, 0.3) is 15.9 Å². The zero-order chi connectivity index (χ0) is 19.2. The number of carbonyl (C=O) groups excluding carboxylic acids is 1. The Kier molecular flexibility index (Phi) is 8.68. The number of carbonyl (C=O) groups is 1. The van der Waals surface area contributed by atoms with Crippen molar-refractivity contribution in [1.82, 2.24) is 10.6 Å². The molecule has 9 heteroatoms. The van der Waals surface area contributed by atoms with Crippen molar-refractivity contribution in [3.63, 3.8) is 0 Å². The predicted octanol–water partition coefficient (Wildman–Crippen LogP) is 2.78. The summed E-state index contributed by atoms with van der Waals surface area (Å²) in [5.74, 6) is -0.813. The van der Waals surface area contributed by atoms with E-state index in [0.717, 1.165) is 18.7 Å². The van der Waals surface area contributed by atoms with E-state index in [9.17, 15) is 17.6 Å². The zero-order valence-electron chi connectivity index (χ0n) is 15.0. The number of halogens is 2. The normalized spacial score (nSPS) is 12.0. The lowest BCUT2D eigenvalue weighted by molar-refractivity contribution is 0.0950. The number of benzene rings is 2. The number of anilines is 1. The summed E-state index contributed by atoms with van der Waals surface area (Å²) >= 11 is 0. The van der Waals surface area contributed by atoms with Gasteiger partial charge in [0.15, 0.2) is 0 Å². The van der Waals surface area contributed by atoms with Gasteiger partial charge in [0.05, 0.1) is 4.90 Å². The SMILES string of the molecule is CCN[C@H](C)CNC(=O)c1cccc(S(=O)(=O)Nc2ccc(F)cc2)c1.Cl. The first-order valence-electron chi connectivity index (χ1n) is 8.22. The molecular weight excluding hydrogens is 393 g/mol. The molecule has 0 heterocycles. The van der Waals surface area contributed by atoms with Crippen LogP contribution in [0.25, 0.3) is 0 Å². The maximum atomic E-state index is 12.9. The van der Waals surface area contributed by atoms with E-state index in [4.69, 9.17) is 0 Å². The van der Waals surface area contributed by atoms with Crippen LogP contribution in [0.3, 0.4) is 0 Å². The number of likely N-dealkylation sites (N-methyl/N-ethyl adjacent to an activating group) is 1. The summed E-state index contributed by atoms with van der Waals surface area (Å²) in [7, 11) is -3.89. The molecule has 0 saturated carbocycles. The van der Waals surface area contributed by atoms with Crippen molar-refractivity contribution in [3.05, 3.63) is 59.9 Å². The summed E-state index contributed by atoms with van der Waals surface area (Å²) in [5, 5.41) is 5.93. The van der Waals surface area contributed by atoms with Gasteiger partial charge in [-0.05, 0) is 55.9 Å². The van der Waals surface area contributed by atoms with E-state index in [2.05, 4.69) is 15.4 Å². The van der Waals surface area contributed by atoms with Crippen LogP contribution in [0.15, 0.2) is 53.4 Å². The van der Waals surface area contributed by atoms with Crippen molar-refractivity contribution in [2.24, 2.45) is 0 Å². The van der Waals surface area contributed by atoms with Gasteiger partial charge >= 0.3 is 0 Å². The zero-order valence-corrected chi connectivity index (χ0v) is 16.7. The van der Waals surface area contributed by atoms with E-state index in [1.807, 2.05) is 13.8 Å². The molecule has 2 rings (SSSR count). The van der Waals surface area contributed by atoms with Gasteiger partial charge in [-0.2, -0.15) is 0 Å². The van der Waals surface area contributed by atoms with E-state index in [1.54, 1.807) is 6.07 Å². The second-order valence-corrected chi connectivity index (χ2v) is 7.49. The van der Waals surface area contributed by atoms with E-state index < -0.39 is 15.8 Å². The van der Waals surface area contributed by atoms with Crippen molar-refractivity contribution in [1.29, 1.82) is 0 Å². The molecular formula is C18H23ClFN3O3S. The van der Waals surface area contributed by atoms with Crippen LogP contribution in [0.1, 0.15) is 24.2 Å². The lowest BCUT2D eigenvalue weighted by Crippen LogP contribution is -2.38. The van der Waals surface area contributed by atoms with Crippen LogP contribution >= 0.6 is 12.4 Å². The van der Waals surface area contributed by atoms with Crippen molar-refractivity contribution < 1.29 is 17.6 Å². The average Bonchev–Trinajstić information content (AvgIpc) is 2.62. The molecule has 0 aliphatic heterocycles. The molecule has 0 aliphatic rings. The number of hydrogen-bond acceptors (Lipinski definition) is 4. The van der Waals surface area contributed by atoms with Crippen molar-refractivity contribution >= 4 is 34.0 Å². The van der Waals surface area contributed by atoms with Crippen molar-refractivity contribution in [3.8, 4) is 0 Å². The molecule has 0 aromatic heterocycles. The fraction of sp³-hybridized carbons (Fsp3) is 0.278. The van der Waals surface area contributed by atoms with Gasteiger partial charge in [-0.3, -0.25) is 9.52 Å². The van der Waals surface area contributed by atoms with Gasteiger partial charge in [0.1, 0.15) is 5.82 Å². The maximum absolute atomic E-state index is 12.9. The van der Waals surface area contributed by atoms with Crippen LogP contribution in [0.4, 0.5) is 10.1 Å². The molecule has 0 unspecified atom stereocenters. The number of hydrogen-bond donors (Lipinski definition) is 3. The first-order valence-corrected chi connectivity index (χ1v) is 9.70. The molecule has 1 amide bonds. The van der Waals surface area contributed by atoms with E-state index in [0.29, 0.717) is 6.54 Å². The second-order valence-electron chi connectivity index (χ2n) is 5.81. The molecule has 0 radical (unpaired) electrons. The Morgan fingerprint density at radius 1 is 1.15 bits per heavy atom. The lowest BCUT2D eigenvalue weighted by Gasteiger charge is -2.14. The molecule has 0 bridgehead atoms. The minimum atomic E-state index is -3.89. The maximum Gasteiger partial charge on any atom is 0.261 e. The molecule has 27 heavy (non-hydrogen) atoms. The molecule has 0 saturated heterocycles. The second kappa shape index (κ2) is 10.2. The summed E-state index contributed by atoms with van der Waals surface area (Å²) in [6.45, 7) is 5.13. The average molecular weight is 416 g/mol. The highest BCUT2D eigenvalue weighted by molar-refractivity contribution is 7.92. The number of amides is 1. The summed E-state index contributed by atoms with van der Waals surface area (Å²) < 4.78 is 40.2. The van der Waals surface area contributed by atoms with Crippen LogP contribution in [-0.2, 0) is 10.0 Å². The van der Waals surface area contributed by atoms with Gasteiger partial charge in [0, 0.05) is 23.8 Å². The summed E-state index contributed by atoms with van der Waals surface area (Å²) in [6, 6.07) is 10.8. The van der Waals surface area contributed by atoms with E-state index >= 15 is 0 Å². The molecule has 2 aromatic rings. The summed E-state index contributed by atoms with van der Waals surface area (Å²) in [5.41, 5.74) is 0.483. The topological polar surface area (TPSA) is 87.3 Å². The number of sulfonamides is 1. The minimum absolute atomic E-state index is 0. The standard InChI is InChI=1S/C18H22FN3O3S.ClH/c1-3-20-13(2)12-21-18(23)14-5-4-6-17(11-14)26(24,25)22-16-9-7-15(19)8-10-16;/h4-11,13,20,22H,3,12H2,1-2H3,(H,21,23);1H/t13-;/m1./s1. The highest BCUT2D eigenvalue weighted by Gasteiger charge is 2.17. The Labute approximate surface area is 165 Å². The highest BCUT2D eigenvalue weighted by Crippen LogP contribution is 2.17. The van der Waals surface area contributed by atoms with Crippen LogP contribution < -0.4 is 15.4 Å². The summed E-state index contributed by atoms with van der Waals surface area (Å²) in [6.07, 6.45) is 0. The molecule has 0 fully saturated rings. The Hall–Kier alpha value is -2.16. The molecule has 0 spiro atoms. The Morgan fingerprint density at radius 3 is 2.44 bits per heavy atom. The lowest BCUT2D eigenvalue weighted by atomic mass is 10.2. The quantitative estimate of drug-likeness (QED) is 0.618. The van der Waals surface area contributed by atoms with Gasteiger partial charge in [-0.15, -0.1) is 12.4 Å². The van der Waals surface area contributed by atoms with Gasteiger partial charge < -0.3 is 10.6 Å². The fourth-order valence-electron chi connectivity index (χ4n) is 2.30. The third-order valence-corrected chi connectivity index (χ3v) is 5.00. The first-order chi connectivity index (χ1) is 12.3. The molecule has 0 aliphatic carbocycles. The Morgan fingerprint density at radius 2 is 1.81 bits per heavy atom. The largest absolute Gasteiger partial charge is 0.350 e. The smallest absolute Gasteiger partial charge is 0.261 e. The Balaban J connectivity index is 0.00000364. The summed E-state index contributed by atoms with van der Waals surface area (Å²) in [4.78, 5) is 12.2. The highest BCUT2D eigenvalue weighted by atomic mass is 35.5.